The van der Waals surface area contributed by atoms with Gasteiger partial charge in [-0.15, -0.1) is 0 Å². The number of hydrogen-bond acceptors (Lipinski definition) is 4. The van der Waals surface area contributed by atoms with Crippen LogP contribution in [0.15, 0.2) is 52.2 Å². The molecule has 0 fully saturated rings. The minimum atomic E-state index is -0.814. The van der Waals surface area contributed by atoms with Gasteiger partial charge >= 0.3 is 11.8 Å². The second-order valence-electron chi connectivity index (χ2n) is 5.70. The zero-order valence-electron chi connectivity index (χ0n) is 14.5. The number of carbonyl (C=O) groups is 2. The number of hydrogen-bond donors (Lipinski definition) is 2. The summed E-state index contributed by atoms with van der Waals surface area (Å²) < 4.78 is 5.08. The Morgan fingerprint density at radius 2 is 1.88 bits per heavy atom. The molecule has 0 unspecified atom stereocenters. The molecule has 0 aliphatic rings. The summed E-state index contributed by atoms with van der Waals surface area (Å²) in [5, 5.41) is 6.45. The Hall–Kier alpha value is -2.89. The number of amides is 2. The third kappa shape index (κ3) is 5.91. The van der Waals surface area contributed by atoms with E-state index >= 15 is 0 Å². The van der Waals surface area contributed by atoms with E-state index in [1.54, 1.807) is 19.1 Å². The predicted molar refractivity (Wildman–Crippen MR) is 96.0 cm³/mol. The average Bonchev–Trinajstić information content (AvgIpc) is 3.16. The predicted octanol–water partition coefficient (Wildman–Crippen LogP) is 2.78. The molecule has 0 spiro atoms. The van der Waals surface area contributed by atoms with Gasteiger partial charge in [0.1, 0.15) is 5.76 Å². The highest BCUT2D eigenvalue weighted by Crippen LogP contribution is 2.08. The summed E-state index contributed by atoms with van der Waals surface area (Å²) in [6.07, 6.45) is 4.88. The number of aryl methyl sites for hydroxylation is 1. The second-order valence-corrected chi connectivity index (χ2v) is 5.70. The Kier molecular flexibility index (Phi) is 6.95. The topological polar surface area (TPSA) is 83.7 Å². The highest BCUT2D eigenvalue weighted by Gasteiger charge is 2.13. The molecule has 2 N–H and O–H groups in total. The number of carbonyl (C=O) groups excluding carboxylic acids is 2. The fourth-order valence-corrected chi connectivity index (χ4v) is 2.20. The number of unbranched alkanes of at least 4 members (excludes halogenated alkanes) is 1. The minimum Gasteiger partial charge on any atom is -0.467 e. The van der Waals surface area contributed by atoms with Crippen LogP contribution >= 0.6 is 0 Å². The molecule has 6 heteroatoms. The van der Waals surface area contributed by atoms with Gasteiger partial charge in [-0.05, 0) is 43.0 Å². The van der Waals surface area contributed by atoms with Crippen molar-refractivity contribution in [1.29, 1.82) is 0 Å². The van der Waals surface area contributed by atoms with E-state index < -0.39 is 11.8 Å². The number of benzene rings is 1. The second kappa shape index (κ2) is 9.42. The van der Waals surface area contributed by atoms with Crippen molar-refractivity contribution in [3.8, 4) is 0 Å². The van der Waals surface area contributed by atoms with Crippen molar-refractivity contribution in [3.63, 3.8) is 0 Å². The van der Waals surface area contributed by atoms with Crippen molar-refractivity contribution in [2.45, 2.75) is 39.7 Å². The van der Waals surface area contributed by atoms with E-state index in [2.05, 4.69) is 34.9 Å². The van der Waals surface area contributed by atoms with Crippen molar-refractivity contribution in [1.82, 2.24) is 10.7 Å². The number of nitrogens with zero attached hydrogens (tertiary/aromatic N) is 1. The van der Waals surface area contributed by atoms with E-state index in [9.17, 15) is 9.59 Å². The van der Waals surface area contributed by atoms with Crippen molar-refractivity contribution >= 4 is 17.5 Å². The van der Waals surface area contributed by atoms with Crippen LogP contribution in [0.5, 0.6) is 0 Å². The molecular formula is C19H23N3O3. The van der Waals surface area contributed by atoms with E-state index in [0.717, 1.165) is 24.8 Å². The molecular weight excluding hydrogens is 318 g/mol. The SMILES string of the molecule is CCCCc1ccc(/C(C)=N\NC(=O)C(=O)NCc2ccco2)cc1. The summed E-state index contributed by atoms with van der Waals surface area (Å²) in [6, 6.07) is 11.5. The first-order valence-corrected chi connectivity index (χ1v) is 8.34. The first kappa shape index (κ1) is 18.4. The highest BCUT2D eigenvalue weighted by molar-refractivity contribution is 6.35. The van der Waals surface area contributed by atoms with Crippen LogP contribution < -0.4 is 10.7 Å². The normalized spacial score (nSPS) is 11.2. The zero-order chi connectivity index (χ0) is 18.1. The van der Waals surface area contributed by atoms with Gasteiger partial charge in [0, 0.05) is 0 Å². The Labute approximate surface area is 147 Å². The zero-order valence-corrected chi connectivity index (χ0v) is 14.5. The lowest BCUT2D eigenvalue weighted by Crippen LogP contribution is -2.37. The summed E-state index contributed by atoms with van der Waals surface area (Å²) in [4.78, 5) is 23.4. The molecule has 2 rings (SSSR count). The molecule has 1 aromatic heterocycles. The van der Waals surface area contributed by atoms with E-state index in [-0.39, 0.29) is 6.54 Å². The molecule has 6 nitrogen and oxygen atoms in total. The smallest absolute Gasteiger partial charge is 0.329 e. The van der Waals surface area contributed by atoms with Crippen LogP contribution in [0, 0.1) is 0 Å². The Morgan fingerprint density at radius 1 is 1.12 bits per heavy atom. The molecule has 1 heterocycles. The third-order valence-electron chi connectivity index (χ3n) is 3.73. The lowest BCUT2D eigenvalue weighted by atomic mass is 10.0. The van der Waals surface area contributed by atoms with Gasteiger partial charge in [-0.25, -0.2) is 5.43 Å². The quantitative estimate of drug-likeness (QED) is 0.461. The van der Waals surface area contributed by atoms with Crippen LogP contribution in [0.3, 0.4) is 0 Å². The van der Waals surface area contributed by atoms with Crippen LogP contribution in [-0.2, 0) is 22.6 Å². The van der Waals surface area contributed by atoms with Crippen molar-refractivity contribution in [3.05, 3.63) is 59.5 Å². The molecule has 0 saturated carbocycles. The van der Waals surface area contributed by atoms with Gasteiger partial charge in [-0.1, -0.05) is 37.6 Å². The van der Waals surface area contributed by atoms with Gasteiger partial charge in [0.15, 0.2) is 0 Å². The standard InChI is InChI=1S/C19H23N3O3/c1-3-4-6-15-8-10-16(11-9-15)14(2)21-22-19(24)18(23)20-13-17-7-5-12-25-17/h5,7-12H,3-4,6,13H2,1-2H3,(H,20,23)(H,22,24)/b21-14-. The molecule has 2 amide bonds. The van der Waals surface area contributed by atoms with Crippen LogP contribution in [0.25, 0.3) is 0 Å². The van der Waals surface area contributed by atoms with Crippen LogP contribution in [-0.4, -0.2) is 17.5 Å². The number of furan rings is 1. The van der Waals surface area contributed by atoms with Gasteiger partial charge in [0.05, 0.1) is 18.5 Å². The number of nitrogens with one attached hydrogen (secondary N) is 2. The maximum absolute atomic E-state index is 11.7. The largest absolute Gasteiger partial charge is 0.467 e. The van der Waals surface area contributed by atoms with E-state index in [1.165, 1.54) is 11.8 Å². The summed E-state index contributed by atoms with van der Waals surface area (Å²) in [6.45, 7) is 4.10. The molecule has 0 aliphatic carbocycles. The first-order valence-electron chi connectivity index (χ1n) is 8.34. The molecule has 0 atom stereocenters. The van der Waals surface area contributed by atoms with Crippen molar-refractivity contribution in [2.24, 2.45) is 5.10 Å². The number of rotatable bonds is 7. The van der Waals surface area contributed by atoms with E-state index in [4.69, 9.17) is 4.42 Å². The summed E-state index contributed by atoms with van der Waals surface area (Å²) in [7, 11) is 0. The molecule has 0 radical (unpaired) electrons. The lowest BCUT2D eigenvalue weighted by molar-refractivity contribution is -0.139. The van der Waals surface area contributed by atoms with Gasteiger partial charge in [0.25, 0.3) is 0 Å². The Balaban J connectivity index is 1.84. The maximum atomic E-state index is 11.7. The van der Waals surface area contributed by atoms with E-state index in [0.29, 0.717) is 11.5 Å². The summed E-state index contributed by atoms with van der Waals surface area (Å²) in [5.74, 6) is -1.00. The monoisotopic (exact) mass is 341 g/mol. The molecule has 25 heavy (non-hydrogen) atoms. The molecule has 1 aromatic carbocycles. The van der Waals surface area contributed by atoms with Crippen LogP contribution in [0.2, 0.25) is 0 Å². The molecule has 2 aromatic rings. The van der Waals surface area contributed by atoms with Gasteiger partial charge in [-0.2, -0.15) is 5.10 Å². The van der Waals surface area contributed by atoms with Crippen LogP contribution in [0.4, 0.5) is 0 Å². The first-order chi connectivity index (χ1) is 12.1. The molecule has 0 bridgehead atoms. The Bertz CT molecular complexity index is 719. The highest BCUT2D eigenvalue weighted by atomic mass is 16.3. The van der Waals surface area contributed by atoms with E-state index in [1.807, 2.05) is 12.1 Å². The lowest BCUT2D eigenvalue weighted by Gasteiger charge is -2.05. The molecule has 0 saturated heterocycles. The van der Waals surface area contributed by atoms with Gasteiger partial charge < -0.3 is 9.73 Å². The van der Waals surface area contributed by atoms with Gasteiger partial charge in [0.2, 0.25) is 0 Å². The fraction of sp³-hybridized carbons (Fsp3) is 0.316. The summed E-state index contributed by atoms with van der Waals surface area (Å²) >= 11 is 0. The third-order valence-corrected chi connectivity index (χ3v) is 3.73. The minimum absolute atomic E-state index is 0.154. The summed E-state index contributed by atoms with van der Waals surface area (Å²) in [5.41, 5.74) is 5.08. The van der Waals surface area contributed by atoms with Crippen molar-refractivity contribution < 1.29 is 14.0 Å². The fourth-order valence-electron chi connectivity index (χ4n) is 2.20. The van der Waals surface area contributed by atoms with Gasteiger partial charge in [-0.3, -0.25) is 9.59 Å². The maximum Gasteiger partial charge on any atom is 0.329 e. The average molecular weight is 341 g/mol. The molecule has 132 valence electrons. The van der Waals surface area contributed by atoms with Crippen molar-refractivity contribution in [2.75, 3.05) is 0 Å². The Morgan fingerprint density at radius 3 is 2.52 bits per heavy atom. The van der Waals surface area contributed by atoms with Crippen LogP contribution in [0.1, 0.15) is 43.6 Å². The molecule has 0 aliphatic heterocycles. The number of hydrazone groups is 1.